The number of esters is 2. The van der Waals surface area contributed by atoms with Gasteiger partial charge in [-0.2, -0.15) is 0 Å². The van der Waals surface area contributed by atoms with Gasteiger partial charge in [0.05, 0.1) is 18.8 Å². The van der Waals surface area contributed by atoms with Crippen molar-refractivity contribution in [2.75, 3.05) is 18.9 Å². The van der Waals surface area contributed by atoms with E-state index in [0.29, 0.717) is 28.3 Å². The zero-order valence-corrected chi connectivity index (χ0v) is 13.2. The first kappa shape index (κ1) is 16.0. The number of hydrogen-bond acceptors (Lipinski definition) is 6. The maximum absolute atomic E-state index is 12.1. The minimum atomic E-state index is -0.460. The van der Waals surface area contributed by atoms with Crippen LogP contribution in [0.5, 0.6) is 0 Å². The summed E-state index contributed by atoms with van der Waals surface area (Å²) in [6, 6.07) is 6.90. The Morgan fingerprint density at radius 1 is 1.14 bits per heavy atom. The second kappa shape index (κ2) is 7.09. The number of carbonyl (C=O) groups is 2. The second-order valence-electron chi connectivity index (χ2n) is 4.41. The fraction of sp³-hybridized carbons (Fsp3) is 0.250. The van der Waals surface area contributed by atoms with Crippen molar-refractivity contribution in [2.24, 2.45) is 0 Å². The van der Waals surface area contributed by atoms with Gasteiger partial charge in [-0.3, -0.25) is 0 Å². The standard InChI is InChI=1S/C16H17NO4S/c1-3-20-15(18)11-7-5-6-10(8-11)12-9-22-14(17)13(12)16(19)21-4-2/h5-9H,3-4,17H2,1-2H3. The van der Waals surface area contributed by atoms with E-state index < -0.39 is 11.9 Å². The molecule has 1 aromatic carbocycles. The molecule has 6 heteroatoms. The Kier molecular flexibility index (Phi) is 5.16. The molecule has 0 saturated heterocycles. The highest BCUT2D eigenvalue weighted by Crippen LogP contribution is 2.34. The Bertz CT molecular complexity index is 693. The Morgan fingerprint density at radius 2 is 1.82 bits per heavy atom. The predicted molar refractivity (Wildman–Crippen MR) is 86.1 cm³/mol. The van der Waals surface area contributed by atoms with Gasteiger partial charge in [-0.15, -0.1) is 11.3 Å². The average Bonchev–Trinajstić information content (AvgIpc) is 2.90. The van der Waals surface area contributed by atoms with Crippen LogP contribution in [0.1, 0.15) is 34.6 Å². The highest BCUT2D eigenvalue weighted by Gasteiger charge is 2.20. The quantitative estimate of drug-likeness (QED) is 0.855. The summed E-state index contributed by atoms with van der Waals surface area (Å²) in [6.45, 7) is 4.07. The zero-order chi connectivity index (χ0) is 16.1. The Hall–Kier alpha value is -2.34. The number of ether oxygens (including phenoxy) is 2. The van der Waals surface area contributed by atoms with E-state index >= 15 is 0 Å². The van der Waals surface area contributed by atoms with E-state index in [1.165, 1.54) is 11.3 Å². The lowest BCUT2D eigenvalue weighted by Gasteiger charge is -2.07. The molecular formula is C16H17NO4S. The molecule has 0 amide bonds. The summed E-state index contributed by atoms with van der Waals surface area (Å²) in [5, 5.41) is 2.18. The fourth-order valence-corrected chi connectivity index (χ4v) is 2.84. The van der Waals surface area contributed by atoms with Crippen molar-refractivity contribution < 1.29 is 19.1 Å². The molecule has 0 radical (unpaired) electrons. The molecular weight excluding hydrogens is 302 g/mol. The van der Waals surface area contributed by atoms with Crippen LogP contribution in [0.2, 0.25) is 0 Å². The maximum Gasteiger partial charge on any atom is 0.341 e. The van der Waals surface area contributed by atoms with Gasteiger partial charge in [-0.1, -0.05) is 12.1 Å². The minimum Gasteiger partial charge on any atom is -0.462 e. The van der Waals surface area contributed by atoms with Gasteiger partial charge in [0, 0.05) is 10.9 Å². The van der Waals surface area contributed by atoms with Gasteiger partial charge < -0.3 is 15.2 Å². The summed E-state index contributed by atoms with van der Waals surface area (Å²) in [6.07, 6.45) is 0. The molecule has 2 N–H and O–H groups in total. The molecule has 0 aliphatic heterocycles. The Labute approximate surface area is 132 Å². The van der Waals surface area contributed by atoms with Crippen molar-refractivity contribution in [3.63, 3.8) is 0 Å². The molecule has 5 nitrogen and oxygen atoms in total. The van der Waals surface area contributed by atoms with E-state index in [9.17, 15) is 9.59 Å². The monoisotopic (exact) mass is 319 g/mol. The number of hydrogen-bond donors (Lipinski definition) is 1. The third-order valence-electron chi connectivity index (χ3n) is 2.98. The molecule has 0 saturated carbocycles. The number of anilines is 1. The van der Waals surface area contributed by atoms with Gasteiger partial charge in [0.15, 0.2) is 0 Å². The summed E-state index contributed by atoms with van der Waals surface area (Å²) >= 11 is 1.27. The molecule has 116 valence electrons. The van der Waals surface area contributed by atoms with Crippen LogP contribution in [0.15, 0.2) is 29.6 Å². The molecule has 2 aromatic rings. The Balaban J connectivity index is 2.43. The van der Waals surface area contributed by atoms with Crippen molar-refractivity contribution in [1.82, 2.24) is 0 Å². The molecule has 1 aromatic heterocycles. The largest absolute Gasteiger partial charge is 0.462 e. The molecule has 0 aliphatic rings. The van der Waals surface area contributed by atoms with E-state index in [1.807, 2.05) is 6.07 Å². The van der Waals surface area contributed by atoms with Crippen LogP contribution in [0.3, 0.4) is 0 Å². The first-order chi connectivity index (χ1) is 10.6. The maximum atomic E-state index is 12.1. The minimum absolute atomic E-state index is 0.274. The van der Waals surface area contributed by atoms with Crippen molar-refractivity contribution in [2.45, 2.75) is 13.8 Å². The second-order valence-corrected chi connectivity index (χ2v) is 5.32. The van der Waals surface area contributed by atoms with E-state index in [0.717, 1.165) is 5.56 Å². The van der Waals surface area contributed by atoms with Gasteiger partial charge >= 0.3 is 11.9 Å². The van der Waals surface area contributed by atoms with Crippen molar-refractivity contribution >= 4 is 28.3 Å². The summed E-state index contributed by atoms with van der Waals surface area (Å²) in [5.74, 6) is -0.858. The highest BCUT2D eigenvalue weighted by atomic mass is 32.1. The van der Waals surface area contributed by atoms with Crippen LogP contribution in [0.25, 0.3) is 11.1 Å². The van der Waals surface area contributed by atoms with Crippen LogP contribution in [-0.2, 0) is 9.47 Å². The van der Waals surface area contributed by atoms with Gasteiger partial charge in [-0.05, 0) is 31.5 Å². The van der Waals surface area contributed by atoms with Crippen molar-refractivity contribution in [3.05, 3.63) is 40.8 Å². The molecule has 0 unspecified atom stereocenters. The number of carbonyl (C=O) groups excluding carboxylic acids is 2. The number of rotatable bonds is 5. The van der Waals surface area contributed by atoms with Gasteiger partial charge in [0.1, 0.15) is 10.6 Å². The topological polar surface area (TPSA) is 78.6 Å². The molecule has 0 atom stereocenters. The highest BCUT2D eigenvalue weighted by molar-refractivity contribution is 7.14. The molecule has 0 aliphatic carbocycles. The van der Waals surface area contributed by atoms with Crippen LogP contribution in [0, 0.1) is 0 Å². The van der Waals surface area contributed by atoms with Gasteiger partial charge in [0.2, 0.25) is 0 Å². The first-order valence-corrected chi connectivity index (χ1v) is 7.78. The molecule has 22 heavy (non-hydrogen) atoms. The summed E-state index contributed by atoms with van der Waals surface area (Å²) < 4.78 is 10.0. The normalized spacial score (nSPS) is 10.3. The summed E-state index contributed by atoms with van der Waals surface area (Å²) in [5.41, 5.74) is 8.03. The average molecular weight is 319 g/mol. The van der Waals surface area contributed by atoms with Gasteiger partial charge in [-0.25, -0.2) is 9.59 Å². The summed E-state index contributed by atoms with van der Waals surface area (Å²) in [7, 11) is 0. The van der Waals surface area contributed by atoms with Crippen molar-refractivity contribution in [1.29, 1.82) is 0 Å². The third-order valence-corrected chi connectivity index (χ3v) is 3.80. The lowest BCUT2D eigenvalue weighted by molar-refractivity contribution is 0.0518. The summed E-state index contributed by atoms with van der Waals surface area (Å²) in [4.78, 5) is 23.9. The lowest BCUT2D eigenvalue weighted by atomic mass is 10.0. The SMILES string of the molecule is CCOC(=O)c1cccc(-c2csc(N)c2C(=O)OCC)c1. The Morgan fingerprint density at radius 3 is 2.50 bits per heavy atom. The van der Waals surface area contributed by atoms with E-state index in [-0.39, 0.29) is 6.61 Å². The van der Waals surface area contributed by atoms with Crippen LogP contribution in [-0.4, -0.2) is 25.2 Å². The zero-order valence-electron chi connectivity index (χ0n) is 12.4. The smallest absolute Gasteiger partial charge is 0.341 e. The lowest BCUT2D eigenvalue weighted by Crippen LogP contribution is -2.08. The number of nitrogens with two attached hydrogens (primary N) is 1. The van der Waals surface area contributed by atoms with Crippen LogP contribution < -0.4 is 5.73 Å². The molecule has 0 spiro atoms. The third kappa shape index (κ3) is 3.28. The number of nitrogen functional groups attached to an aromatic ring is 1. The van der Waals surface area contributed by atoms with Gasteiger partial charge in [0.25, 0.3) is 0 Å². The first-order valence-electron chi connectivity index (χ1n) is 6.90. The van der Waals surface area contributed by atoms with Crippen molar-refractivity contribution in [3.8, 4) is 11.1 Å². The van der Waals surface area contributed by atoms with E-state index in [4.69, 9.17) is 15.2 Å². The number of thiophene rings is 1. The molecule has 0 fully saturated rings. The van der Waals surface area contributed by atoms with E-state index in [2.05, 4.69) is 0 Å². The van der Waals surface area contributed by atoms with Crippen LogP contribution in [0.4, 0.5) is 5.00 Å². The molecule has 2 rings (SSSR count). The van der Waals surface area contributed by atoms with E-state index in [1.54, 1.807) is 37.4 Å². The van der Waals surface area contributed by atoms with Crippen LogP contribution >= 0.6 is 11.3 Å². The molecule has 1 heterocycles. The molecule has 0 bridgehead atoms. The fourth-order valence-electron chi connectivity index (χ4n) is 2.03. The number of benzene rings is 1. The predicted octanol–water partition coefficient (Wildman–Crippen LogP) is 3.35.